The molecule has 1 atom stereocenters. The highest BCUT2D eigenvalue weighted by Crippen LogP contribution is 2.35. The van der Waals surface area contributed by atoms with Crippen molar-refractivity contribution in [3.8, 4) is 0 Å². The molecule has 0 aromatic heterocycles. The predicted octanol–water partition coefficient (Wildman–Crippen LogP) is 4.72. The van der Waals surface area contributed by atoms with Gasteiger partial charge in [0.2, 0.25) is 0 Å². The Morgan fingerprint density at radius 2 is 1.84 bits per heavy atom. The molecule has 1 nitrogen and oxygen atoms in total. The minimum Gasteiger partial charge on any atom is -0.308 e. The van der Waals surface area contributed by atoms with Crippen LogP contribution in [0.2, 0.25) is 0 Å². The highest BCUT2D eigenvalue weighted by molar-refractivity contribution is 5.32. The first-order valence-corrected chi connectivity index (χ1v) is 8.13. The summed E-state index contributed by atoms with van der Waals surface area (Å²) in [4.78, 5) is 0. The molecule has 3 rings (SSSR count). The molecule has 0 spiro atoms. The van der Waals surface area contributed by atoms with Crippen molar-refractivity contribution >= 4 is 0 Å². The van der Waals surface area contributed by atoms with Crippen molar-refractivity contribution in [2.45, 2.75) is 69.7 Å². The van der Waals surface area contributed by atoms with Gasteiger partial charge in [-0.25, -0.2) is 0 Å². The van der Waals surface area contributed by atoms with E-state index in [-0.39, 0.29) is 5.54 Å². The van der Waals surface area contributed by atoms with Gasteiger partial charge >= 0.3 is 0 Å². The molecule has 1 saturated carbocycles. The first kappa shape index (κ1) is 13.2. The highest BCUT2D eigenvalue weighted by Gasteiger charge is 2.30. The Morgan fingerprint density at radius 3 is 2.53 bits per heavy atom. The monoisotopic (exact) mass is 257 g/mol. The maximum absolute atomic E-state index is 3.69. The standard InChI is InChI=1S/C18H27N/c1-18(12-7-13-19-18)17-11-6-10-16(14-17)15-8-4-2-3-5-9-15/h6,10-11,14-15,19H,2-5,7-9,12-13H2,1H3. The summed E-state index contributed by atoms with van der Waals surface area (Å²) in [5.74, 6) is 0.812. The van der Waals surface area contributed by atoms with Crippen molar-refractivity contribution in [2.75, 3.05) is 6.54 Å². The summed E-state index contributed by atoms with van der Waals surface area (Å²) in [5, 5.41) is 3.69. The van der Waals surface area contributed by atoms with Crippen molar-refractivity contribution in [1.29, 1.82) is 0 Å². The molecule has 0 amide bonds. The van der Waals surface area contributed by atoms with E-state index >= 15 is 0 Å². The van der Waals surface area contributed by atoms with Crippen molar-refractivity contribution in [1.82, 2.24) is 5.32 Å². The van der Waals surface area contributed by atoms with E-state index in [9.17, 15) is 0 Å². The van der Waals surface area contributed by atoms with Gasteiger partial charge in [-0.2, -0.15) is 0 Å². The second-order valence-electron chi connectivity index (χ2n) is 6.68. The van der Waals surface area contributed by atoms with Crippen LogP contribution in [-0.4, -0.2) is 6.54 Å². The molecule has 2 fully saturated rings. The van der Waals surface area contributed by atoms with Crippen LogP contribution in [-0.2, 0) is 5.54 Å². The average molecular weight is 257 g/mol. The molecule has 0 radical (unpaired) electrons. The van der Waals surface area contributed by atoms with Crippen molar-refractivity contribution in [3.05, 3.63) is 35.4 Å². The Bertz CT molecular complexity index is 409. The maximum atomic E-state index is 3.69. The summed E-state index contributed by atoms with van der Waals surface area (Å²) in [7, 11) is 0. The van der Waals surface area contributed by atoms with Crippen molar-refractivity contribution in [2.24, 2.45) is 0 Å². The molecule has 1 heterocycles. The normalized spacial score (nSPS) is 29.3. The Kier molecular flexibility index (Phi) is 3.93. The molecule has 1 aliphatic carbocycles. The minimum absolute atomic E-state index is 0.223. The van der Waals surface area contributed by atoms with Gasteiger partial charge in [0, 0.05) is 5.54 Å². The summed E-state index contributed by atoms with van der Waals surface area (Å²) in [6.07, 6.45) is 11.1. The Hall–Kier alpha value is -0.820. The molecule has 1 aromatic carbocycles. The van der Waals surface area contributed by atoms with Crippen LogP contribution in [0.15, 0.2) is 24.3 Å². The zero-order chi connectivity index (χ0) is 13.1. The van der Waals surface area contributed by atoms with E-state index in [1.54, 1.807) is 5.56 Å². The van der Waals surface area contributed by atoms with Crippen LogP contribution in [0, 0.1) is 0 Å². The third-order valence-electron chi connectivity index (χ3n) is 5.22. The van der Waals surface area contributed by atoms with Crippen LogP contribution in [0.4, 0.5) is 0 Å². The van der Waals surface area contributed by atoms with E-state index in [1.165, 1.54) is 63.5 Å². The lowest BCUT2D eigenvalue weighted by molar-refractivity contribution is 0.433. The largest absolute Gasteiger partial charge is 0.308 e. The van der Waals surface area contributed by atoms with E-state index < -0.39 is 0 Å². The van der Waals surface area contributed by atoms with Gasteiger partial charge in [0.15, 0.2) is 0 Å². The van der Waals surface area contributed by atoms with E-state index in [4.69, 9.17) is 0 Å². The second kappa shape index (κ2) is 5.66. The first-order chi connectivity index (χ1) is 9.28. The number of benzene rings is 1. The van der Waals surface area contributed by atoms with Crippen LogP contribution in [0.3, 0.4) is 0 Å². The Morgan fingerprint density at radius 1 is 1.05 bits per heavy atom. The van der Waals surface area contributed by atoms with Gasteiger partial charge in [0.25, 0.3) is 0 Å². The first-order valence-electron chi connectivity index (χ1n) is 8.13. The van der Waals surface area contributed by atoms with E-state index in [0.29, 0.717) is 0 Å². The summed E-state index contributed by atoms with van der Waals surface area (Å²) in [6.45, 7) is 3.54. The molecule has 1 heteroatoms. The third-order valence-corrected chi connectivity index (χ3v) is 5.22. The molecule has 104 valence electrons. The Labute approximate surface area is 117 Å². The fourth-order valence-corrected chi connectivity index (χ4v) is 3.89. The smallest absolute Gasteiger partial charge is 0.0406 e. The van der Waals surface area contributed by atoms with Gasteiger partial charge in [-0.1, -0.05) is 49.9 Å². The summed E-state index contributed by atoms with van der Waals surface area (Å²) in [5.41, 5.74) is 3.32. The van der Waals surface area contributed by atoms with E-state index in [0.717, 1.165) is 5.92 Å². The van der Waals surface area contributed by atoms with Crippen LogP contribution in [0.1, 0.15) is 75.3 Å². The lowest BCUT2D eigenvalue weighted by Crippen LogP contribution is -2.33. The molecule has 1 N–H and O–H groups in total. The van der Waals surface area contributed by atoms with Gasteiger partial charge in [-0.15, -0.1) is 0 Å². The van der Waals surface area contributed by atoms with E-state index in [1.807, 2.05) is 0 Å². The second-order valence-corrected chi connectivity index (χ2v) is 6.68. The van der Waals surface area contributed by atoms with Crippen LogP contribution < -0.4 is 5.32 Å². The highest BCUT2D eigenvalue weighted by atomic mass is 15.0. The maximum Gasteiger partial charge on any atom is 0.0406 e. The van der Waals surface area contributed by atoms with Gasteiger partial charge in [-0.3, -0.25) is 0 Å². The zero-order valence-corrected chi connectivity index (χ0v) is 12.3. The number of nitrogens with one attached hydrogen (secondary N) is 1. The SMILES string of the molecule is CC1(c2cccc(C3CCCCCC3)c2)CCCN1. The molecule has 1 unspecified atom stereocenters. The minimum atomic E-state index is 0.223. The van der Waals surface area contributed by atoms with Gasteiger partial charge in [0.05, 0.1) is 0 Å². The average Bonchev–Trinajstić information content (AvgIpc) is 2.73. The van der Waals surface area contributed by atoms with Gasteiger partial charge < -0.3 is 5.32 Å². The quantitative estimate of drug-likeness (QED) is 0.756. The predicted molar refractivity (Wildman–Crippen MR) is 81.5 cm³/mol. The molecule has 1 saturated heterocycles. The number of hydrogen-bond donors (Lipinski definition) is 1. The molecular formula is C18H27N. The Balaban J connectivity index is 1.82. The molecular weight excluding hydrogens is 230 g/mol. The summed E-state index contributed by atoms with van der Waals surface area (Å²) in [6, 6.07) is 9.45. The molecule has 1 aliphatic heterocycles. The molecule has 19 heavy (non-hydrogen) atoms. The molecule has 0 bridgehead atoms. The van der Waals surface area contributed by atoms with Crippen LogP contribution >= 0.6 is 0 Å². The fraction of sp³-hybridized carbons (Fsp3) is 0.667. The topological polar surface area (TPSA) is 12.0 Å². The lowest BCUT2D eigenvalue weighted by Gasteiger charge is -2.26. The van der Waals surface area contributed by atoms with Crippen molar-refractivity contribution < 1.29 is 0 Å². The molecule has 2 aliphatic rings. The summed E-state index contributed by atoms with van der Waals surface area (Å²) >= 11 is 0. The van der Waals surface area contributed by atoms with Crippen molar-refractivity contribution in [3.63, 3.8) is 0 Å². The lowest BCUT2D eigenvalue weighted by atomic mass is 9.85. The zero-order valence-electron chi connectivity index (χ0n) is 12.3. The number of rotatable bonds is 2. The van der Waals surface area contributed by atoms with E-state index in [2.05, 4.69) is 36.5 Å². The third kappa shape index (κ3) is 2.86. The van der Waals surface area contributed by atoms with Crippen LogP contribution in [0.5, 0.6) is 0 Å². The molecule has 1 aromatic rings. The van der Waals surface area contributed by atoms with Gasteiger partial charge in [0.1, 0.15) is 0 Å². The van der Waals surface area contributed by atoms with Crippen LogP contribution in [0.25, 0.3) is 0 Å². The van der Waals surface area contributed by atoms with Gasteiger partial charge in [-0.05, 0) is 56.2 Å². The summed E-state index contributed by atoms with van der Waals surface area (Å²) < 4.78 is 0. The fourth-order valence-electron chi connectivity index (χ4n) is 3.89. The number of hydrogen-bond acceptors (Lipinski definition) is 1.